The molecule has 0 aromatic carbocycles. The highest BCUT2D eigenvalue weighted by Gasteiger charge is 2.11. The van der Waals surface area contributed by atoms with E-state index < -0.39 is 12.1 Å². The molecule has 0 aromatic heterocycles. The van der Waals surface area contributed by atoms with Crippen molar-refractivity contribution < 1.29 is 9.59 Å². The van der Waals surface area contributed by atoms with Crippen molar-refractivity contribution in [3.05, 3.63) is 0 Å². The summed E-state index contributed by atoms with van der Waals surface area (Å²) in [5.41, 5.74) is 15.6. The molecular weight excluding hydrogens is 184 g/mol. The van der Waals surface area contributed by atoms with Crippen LogP contribution in [0.15, 0.2) is 0 Å². The maximum absolute atomic E-state index is 11.2. The average molecular weight is 202 g/mol. The first kappa shape index (κ1) is 12.9. The third kappa shape index (κ3) is 6.38. The van der Waals surface area contributed by atoms with Gasteiger partial charge in [-0.3, -0.25) is 4.79 Å². The van der Waals surface area contributed by atoms with Crippen LogP contribution >= 0.6 is 0 Å². The summed E-state index contributed by atoms with van der Waals surface area (Å²) in [6.07, 6.45) is 1.49. The zero-order valence-electron chi connectivity index (χ0n) is 8.16. The van der Waals surface area contributed by atoms with Gasteiger partial charge in [0.15, 0.2) is 5.78 Å². The number of hydrogen-bond acceptors (Lipinski definition) is 4. The van der Waals surface area contributed by atoms with Crippen LogP contribution in [0, 0.1) is 0 Å². The lowest BCUT2D eigenvalue weighted by Gasteiger charge is -2.09. The van der Waals surface area contributed by atoms with Gasteiger partial charge < -0.3 is 22.5 Å². The van der Waals surface area contributed by atoms with Crippen molar-refractivity contribution in [3.63, 3.8) is 0 Å². The number of nitrogens with one attached hydrogen (secondary N) is 1. The van der Waals surface area contributed by atoms with E-state index in [4.69, 9.17) is 17.2 Å². The highest BCUT2D eigenvalue weighted by molar-refractivity contribution is 5.83. The maximum atomic E-state index is 11.2. The van der Waals surface area contributed by atoms with Gasteiger partial charge in [-0.1, -0.05) is 0 Å². The normalized spacial score (nSPS) is 12.1. The van der Waals surface area contributed by atoms with Crippen LogP contribution in [0.4, 0.5) is 4.79 Å². The number of carbonyl (C=O) groups is 2. The van der Waals surface area contributed by atoms with Gasteiger partial charge in [-0.25, -0.2) is 4.79 Å². The van der Waals surface area contributed by atoms with E-state index in [1.807, 2.05) is 0 Å². The Morgan fingerprint density at radius 3 is 2.50 bits per heavy atom. The van der Waals surface area contributed by atoms with Gasteiger partial charge in [-0.05, 0) is 19.4 Å². The lowest BCUT2D eigenvalue weighted by atomic mass is 10.1. The van der Waals surface area contributed by atoms with Gasteiger partial charge in [0.1, 0.15) is 0 Å². The monoisotopic (exact) mass is 202 g/mol. The van der Waals surface area contributed by atoms with Crippen molar-refractivity contribution in [2.75, 3.05) is 13.1 Å². The molecule has 14 heavy (non-hydrogen) atoms. The van der Waals surface area contributed by atoms with Crippen LogP contribution in [-0.2, 0) is 4.79 Å². The fraction of sp³-hybridized carbons (Fsp3) is 0.750. The quantitative estimate of drug-likeness (QED) is 0.382. The molecule has 2 amide bonds. The molecule has 0 unspecified atom stereocenters. The summed E-state index contributed by atoms with van der Waals surface area (Å²) in [4.78, 5) is 21.4. The Hall–Kier alpha value is -1.14. The number of ketones is 1. The van der Waals surface area contributed by atoms with Crippen LogP contribution in [0.25, 0.3) is 0 Å². The minimum Gasteiger partial charge on any atom is -0.352 e. The molecule has 0 heterocycles. The van der Waals surface area contributed by atoms with E-state index in [2.05, 4.69) is 5.32 Å². The number of carbonyl (C=O) groups excluding carboxylic acids is 2. The summed E-state index contributed by atoms with van der Waals surface area (Å²) in [7, 11) is 0. The Morgan fingerprint density at radius 2 is 2.00 bits per heavy atom. The number of amides is 2. The largest absolute Gasteiger partial charge is 0.352 e. The Morgan fingerprint density at radius 1 is 1.36 bits per heavy atom. The molecule has 6 nitrogen and oxygen atoms in total. The first-order valence-corrected chi connectivity index (χ1v) is 4.59. The standard InChI is InChI=1S/C8H18N4O2/c9-4-3-7(13)6(10)2-1-5-12-8(11)14/h6H,1-5,9-10H2,(H3,11,12,14)/t6-/m0/s1. The molecule has 0 aliphatic rings. The number of nitrogens with two attached hydrogens (primary N) is 3. The minimum absolute atomic E-state index is 0.0356. The number of Topliss-reactive ketones (excluding diaryl/α,β-unsaturated/α-hetero) is 1. The van der Waals surface area contributed by atoms with Crippen LogP contribution < -0.4 is 22.5 Å². The van der Waals surface area contributed by atoms with Crippen molar-refractivity contribution >= 4 is 11.8 Å². The molecule has 0 radical (unpaired) electrons. The van der Waals surface area contributed by atoms with E-state index in [1.54, 1.807) is 0 Å². The first-order chi connectivity index (χ1) is 6.57. The SMILES string of the molecule is NCCC(=O)[C@@H](N)CCCNC(N)=O. The van der Waals surface area contributed by atoms with Gasteiger partial charge in [0.25, 0.3) is 0 Å². The van der Waals surface area contributed by atoms with Gasteiger partial charge in [0, 0.05) is 13.0 Å². The molecule has 0 saturated heterocycles. The van der Waals surface area contributed by atoms with Crippen molar-refractivity contribution in [2.45, 2.75) is 25.3 Å². The number of hydrogen-bond donors (Lipinski definition) is 4. The summed E-state index contributed by atoms with van der Waals surface area (Å²) < 4.78 is 0. The lowest BCUT2D eigenvalue weighted by molar-refractivity contribution is -0.120. The third-order valence-electron chi connectivity index (χ3n) is 1.80. The van der Waals surface area contributed by atoms with E-state index in [0.29, 0.717) is 32.4 Å². The minimum atomic E-state index is -0.563. The average Bonchev–Trinajstić information content (AvgIpc) is 2.12. The molecule has 0 spiro atoms. The van der Waals surface area contributed by atoms with Crippen LogP contribution in [0.3, 0.4) is 0 Å². The molecule has 1 atom stereocenters. The molecule has 6 heteroatoms. The zero-order valence-corrected chi connectivity index (χ0v) is 8.16. The topological polar surface area (TPSA) is 124 Å². The number of rotatable bonds is 7. The molecule has 0 aliphatic heterocycles. The molecule has 0 aromatic rings. The lowest BCUT2D eigenvalue weighted by Crippen LogP contribution is -2.34. The first-order valence-electron chi connectivity index (χ1n) is 4.59. The second kappa shape index (κ2) is 7.28. The summed E-state index contributed by atoms with van der Waals surface area (Å²) in [5, 5.41) is 2.42. The van der Waals surface area contributed by atoms with E-state index in [1.165, 1.54) is 0 Å². The van der Waals surface area contributed by atoms with E-state index in [9.17, 15) is 9.59 Å². The molecule has 7 N–H and O–H groups in total. The third-order valence-corrected chi connectivity index (χ3v) is 1.80. The Labute approximate surface area is 83.2 Å². The molecule has 0 aliphatic carbocycles. The summed E-state index contributed by atoms with van der Waals surface area (Å²) in [5.74, 6) is -0.0356. The maximum Gasteiger partial charge on any atom is 0.312 e. The second-order valence-corrected chi connectivity index (χ2v) is 3.04. The number of urea groups is 1. The van der Waals surface area contributed by atoms with Crippen LogP contribution in [-0.4, -0.2) is 30.9 Å². The zero-order chi connectivity index (χ0) is 11.0. The van der Waals surface area contributed by atoms with Crippen molar-refractivity contribution in [2.24, 2.45) is 17.2 Å². The Kier molecular flexibility index (Phi) is 6.69. The van der Waals surface area contributed by atoms with E-state index >= 15 is 0 Å². The number of primary amides is 1. The Balaban J connectivity index is 3.48. The second-order valence-electron chi connectivity index (χ2n) is 3.04. The van der Waals surface area contributed by atoms with Crippen molar-refractivity contribution in [1.82, 2.24) is 5.32 Å². The van der Waals surface area contributed by atoms with Gasteiger partial charge in [-0.2, -0.15) is 0 Å². The van der Waals surface area contributed by atoms with Crippen LogP contribution in [0.5, 0.6) is 0 Å². The van der Waals surface area contributed by atoms with Gasteiger partial charge in [-0.15, -0.1) is 0 Å². The van der Waals surface area contributed by atoms with Crippen LogP contribution in [0.2, 0.25) is 0 Å². The van der Waals surface area contributed by atoms with Crippen molar-refractivity contribution in [1.29, 1.82) is 0 Å². The molecular formula is C8H18N4O2. The van der Waals surface area contributed by atoms with E-state index in [0.717, 1.165) is 0 Å². The van der Waals surface area contributed by atoms with Gasteiger partial charge in [0.05, 0.1) is 6.04 Å². The van der Waals surface area contributed by atoms with Gasteiger partial charge >= 0.3 is 6.03 Å². The van der Waals surface area contributed by atoms with E-state index in [-0.39, 0.29) is 5.78 Å². The predicted octanol–water partition coefficient (Wildman–Crippen LogP) is -1.32. The smallest absolute Gasteiger partial charge is 0.312 e. The molecule has 0 bridgehead atoms. The fourth-order valence-electron chi connectivity index (χ4n) is 1.02. The van der Waals surface area contributed by atoms with Crippen LogP contribution in [0.1, 0.15) is 19.3 Å². The fourth-order valence-corrected chi connectivity index (χ4v) is 1.02. The van der Waals surface area contributed by atoms with Crippen molar-refractivity contribution in [3.8, 4) is 0 Å². The highest BCUT2D eigenvalue weighted by Crippen LogP contribution is 1.97. The molecule has 0 rings (SSSR count). The summed E-state index contributed by atoms with van der Waals surface area (Å²) in [6, 6.07) is -1.04. The summed E-state index contributed by atoms with van der Waals surface area (Å²) in [6.45, 7) is 0.769. The highest BCUT2D eigenvalue weighted by atomic mass is 16.2. The predicted molar refractivity (Wildman–Crippen MR) is 53.5 cm³/mol. The summed E-state index contributed by atoms with van der Waals surface area (Å²) >= 11 is 0. The van der Waals surface area contributed by atoms with Gasteiger partial charge in [0.2, 0.25) is 0 Å². The Bertz CT molecular complexity index is 196. The molecule has 0 fully saturated rings. The molecule has 82 valence electrons. The molecule has 0 saturated carbocycles.